The van der Waals surface area contributed by atoms with Gasteiger partial charge in [0.2, 0.25) is 11.8 Å². The Morgan fingerprint density at radius 3 is 2.56 bits per heavy atom. The van der Waals surface area contributed by atoms with Gasteiger partial charge < -0.3 is 10.6 Å². The van der Waals surface area contributed by atoms with E-state index in [1.165, 1.54) is 23.1 Å². The minimum absolute atomic E-state index is 0.0671. The normalized spacial score (nSPS) is 10.8. The second-order valence-electron chi connectivity index (χ2n) is 5.46. The molecule has 4 nitrogen and oxygen atoms in total. The number of halogens is 2. The number of hydrogen-bond acceptors (Lipinski definition) is 2. The van der Waals surface area contributed by atoms with E-state index in [1.807, 2.05) is 30.3 Å². The summed E-state index contributed by atoms with van der Waals surface area (Å²) in [5, 5.41) is 0. The minimum Gasteiger partial charge on any atom is -0.370 e. The maximum Gasteiger partial charge on any atom is 0.246 e. The van der Waals surface area contributed by atoms with Crippen LogP contribution in [-0.4, -0.2) is 23.3 Å². The van der Waals surface area contributed by atoms with Crippen LogP contribution in [-0.2, 0) is 16.1 Å². The van der Waals surface area contributed by atoms with Crippen LogP contribution in [0.25, 0.3) is 6.08 Å². The Labute approximate surface area is 154 Å². The van der Waals surface area contributed by atoms with Crippen molar-refractivity contribution in [1.82, 2.24) is 4.90 Å². The number of primary amides is 1. The van der Waals surface area contributed by atoms with E-state index in [1.54, 1.807) is 12.1 Å². The highest BCUT2D eigenvalue weighted by Gasteiger charge is 2.13. The molecular weight excluding hydrogens is 387 g/mol. The lowest BCUT2D eigenvalue weighted by molar-refractivity contribution is -0.127. The van der Waals surface area contributed by atoms with Crippen LogP contribution in [0.3, 0.4) is 0 Å². The van der Waals surface area contributed by atoms with Crippen LogP contribution in [0.15, 0.2) is 59.1 Å². The van der Waals surface area contributed by atoms with E-state index in [0.717, 1.165) is 10.0 Å². The highest BCUT2D eigenvalue weighted by Crippen LogP contribution is 2.17. The van der Waals surface area contributed by atoms with Gasteiger partial charge >= 0.3 is 0 Å². The summed E-state index contributed by atoms with van der Waals surface area (Å²) in [6.07, 6.45) is 2.79. The summed E-state index contributed by atoms with van der Waals surface area (Å²) in [4.78, 5) is 25.0. The first-order valence-corrected chi connectivity index (χ1v) is 8.49. The van der Waals surface area contributed by atoms with Gasteiger partial charge in [-0.1, -0.05) is 46.3 Å². The highest BCUT2D eigenvalue weighted by molar-refractivity contribution is 9.10. The van der Waals surface area contributed by atoms with Crippen molar-refractivity contribution in [2.24, 2.45) is 5.73 Å². The minimum atomic E-state index is -0.479. The van der Waals surface area contributed by atoms with Crippen LogP contribution in [0.2, 0.25) is 0 Å². The number of rotatable bonds is 7. The number of amides is 2. The van der Waals surface area contributed by atoms with Crippen molar-refractivity contribution in [2.75, 3.05) is 6.54 Å². The van der Waals surface area contributed by atoms with E-state index in [2.05, 4.69) is 15.9 Å². The number of hydrogen-bond donors (Lipinski definition) is 1. The lowest BCUT2D eigenvalue weighted by Crippen LogP contribution is -2.32. The Morgan fingerprint density at radius 1 is 1.16 bits per heavy atom. The first-order chi connectivity index (χ1) is 12.0. The van der Waals surface area contributed by atoms with Gasteiger partial charge in [0.15, 0.2) is 0 Å². The molecule has 6 heteroatoms. The van der Waals surface area contributed by atoms with Crippen molar-refractivity contribution in [3.05, 3.63) is 76.0 Å². The summed E-state index contributed by atoms with van der Waals surface area (Å²) in [6.45, 7) is 0.548. The maximum atomic E-state index is 13.8. The molecule has 0 heterocycles. The predicted octanol–water partition coefficient (Wildman–Crippen LogP) is 3.51. The Hall–Kier alpha value is -2.47. The third-order valence-corrected chi connectivity index (χ3v) is 4.01. The van der Waals surface area contributed by atoms with Crippen LogP contribution in [0.5, 0.6) is 0 Å². The molecule has 0 spiro atoms. The molecule has 0 unspecified atom stereocenters. The second kappa shape index (κ2) is 9.13. The van der Waals surface area contributed by atoms with Crippen molar-refractivity contribution in [1.29, 1.82) is 0 Å². The third kappa shape index (κ3) is 6.15. The van der Waals surface area contributed by atoms with E-state index in [-0.39, 0.29) is 18.9 Å². The molecule has 2 rings (SSSR count). The largest absolute Gasteiger partial charge is 0.370 e. The molecule has 0 bridgehead atoms. The topological polar surface area (TPSA) is 63.4 Å². The van der Waals surface area contributed by atoms with Gasteiger partial charge in [-0.25, -0.2) is 4.39 Å². The molecule has 0 fully saturated rings. The van der Waals surface area contributed by atoms with Crippen molar-refractivity contribution in [3.63, 3.8) is 0 Å². The highest BCUT2D eigenvalue weighted by atomic mass is 79.9. The second-order valence-corrected chi connectivity index (χ2v) is 6.38. The summed E-state index contributed by atoms with van der Waals surface area (Å²) >= 11 is 3.27. The van der Waals surface area contributed by atoms with Gasteiger partial charge in [0.05, 0.1) is 0 Å². The van der Waals surface area contributed by atoms with Gasteiger partial charge in [-0.05, 0) is 29.8 Å². The van der Waals surface area contributed by atoms with E-state index in [9.17, 15) is 14.0 Å². The van der Waals surface area contributed by atoms with Crippen molar-refractivity contribution < 1.29 is 14.0 Å². The molecular formula is C19H18BrFN2O2. The molecule has 2 amide bonds. The zero-order valence-corrected chi connectivity index (χ0v) is 15.1. The molecule has 0 aliphatic heterocycles. The summed E-state index contributed by atoms with van der Waals surface area (Å²) in [7, 11) is 0. The Kier molecular flexibility index (Phi) is 6.89. The monoisotopic (exact) mass is 404 g/mol. The Morgan fingerprint density at radius 2 is 1.88 bits per heavy atom. The van der Waals surface area contributed by atoms with Crippen LogP contribution < -0.4 is 5.73 Å². The van der Waals surface area contributed by atoms with Crippen molar-refractivity contribution in [2.45, 2.75) is 13.0 Å². The first kappa shape index (κ1) is 18.9. The molecule has 0 saturated carbocycles. The number of nitrogens with two attached hydrogens (primary N) is 1. The molecule has 0 saturated heterocycles. The first-order valence-electron chi connectivity index (χ1n) is 7.70. The van der Waals surface area contributed by atoms with Crippen LogP contribution >= 0.6 is 15.9 Å². The van der Waals surface area contributed by atoms with Gasteiger partial charge in [-0.15, -0.1) is 0 Å². The summed E-state index contributed by atoms with van der Waals surface area (Å²) in [6, 6.07) is 13.9. The van der Waals surface area contributed by atoms with Crippen LogP contribution in [0.1, 0.15) is 17.5 Å². The van der Waals surface area contributed by atoms with E-state index >= 15 is 0 Å². The van der Waals surface area contributed by atoms with Gasteiger partial charge in [0, 0.05) is 35.6 Å². The van der Waals surface area contributed by atoms with Crippen LogP contribution in [0.4, 0.5) is 4.39 Å². The molecule has 0 atom stereocenters. The fraction of sp³-hybridized carbons (Fsp3) is 0.158. The Balaban J connectivity index is 2.14. The number of carbonyl (C=O) groups excluding carboxylic acids is 2. The van der Waals surface area contributed by atoms with Crippen molar-refractivity contribution >= 4 is 33.8 Å². The molecule has 0 aliphatic rings. The predicted molar refractivity (Wildman–Crippen MR) is 98.8 cm³/mol. The lowest BCUT2D eigenvalue weighted by atomic mass is 10.1. The van der Waals surface area contributed by atoms with E-state index in [0.29, 0.717) is 12.1 Å². The average molecular weight is 405 g/mol. The standard InChI is InChI=1S/C19H18BrFN2O2/c20-16-7-8-17(21)15(12-16)6-9-19(25)23(11-10-18(22)24)13-14-4-2-1-3-5-14/h1-9,12H,10-11,13H2,(H2,22,24)/b9-6+. The quantitative estimate of drug-likeness (QED) is 0.717. The van der Waals surface area contributed by atoms with Crippen molar-refractivity contribution in [3.8, 4) is 0 Å². The Bertz CT molecular complexity index is 778. The summed E-state index contributed by atoms with van der Waals surface area (Å²) in [5.41, 5.74) is 6.42. The number of carbonyl (C=O) groups is 2. The van der Waals surface area contributed by atoms with Gasteiger partial charge in [0.1, 0.15) is 5.82 Å². The molecule has 130 valence electrons. The molecule has 0 radical (unpaired) electrons. The number of nitrogens with zero attached hydrogens (tertiary/aromatic N) is 1. The zero-order valence-electron chi connectivity index (χ0n) is 13.5. The average Bonchev–Trinajstić information content (AvgIpc) is 2.59. The molecule has 2 N–H and O–H groups in total. The molecule has 2 aromatic rings. The van der Waals surface area contributed by atoms with Gasteiger partial charge in [-0.2, -0.15) is 0 Å². The van der Waals surface area contributed by atoms with E-state index in [4.69, 9.17) is 5.73 Å². The van der Waals surface area contributed by atoms with Gasteiger partial charge in [-0.3, -0.25) is 9.59 Å². The number of benzene rings is 2. The molecule has 0 aliphatic carbocycles. The molecule has 25 heavy (non-hydrogen) atoms. The lowest BCUT2D eigenvalue weighted by Gasteiger charge is -2.20. The fourth-order valence-corrected chi connectivity index (χ4v) is 2.60. The zero-order chi connectivity index (χ0) is 18.2. The fourth-order valence-electron chi connectivity index (χ4n) is 2.22. The third-order valence-electron chi connectivity index (χ3n) is 3.52. The van der Waals surface area contributed by atoms with Crippen LogP contribution in [0, 0.1) is 5.82 Å². The summed E-state index contributed by atoms with van der Waals surface area (Å²) < 4.78 is 14.5. The summed E-state index contributed by atoms with van der Waals surface area (Å²) in [5.74, 6) is -1.21. The SMILES string of the molecule is NC(=O)CCN(Cc1ccccc1)C(=O)/C=C/c1cc(Br)ccc1F. The smallest absolute Gasteiger partial charge is 0.246 e. The molecule has 2 aromatic carbocycles. The molecule has 0 aromatic heterocycles. The van der Waals surface area contributed by atoms with E-state index < -0.39 is 11.7 Å². The maximum absolute atomic E-state index is 13.8. The van der Waals surface area contributed by atoms with Gasteiger partial charge in [0.25, 0.3) is 0 Å².